The molecule has 1 aliphatic heterocycles. The Balaban J connectivity index is 1.70. The van der Waals surface area contributed by atoms with Crippen molar-refractivity contribution in [1.82, 2.24) is 14.2 Å². The Kier molecular flexibility index (Phi) is 5.40. The summed E-state index contributed by atoms with van der Waals surface area (Å²) in [4.78, 5) is 17.2. The van der Waals surface area contributed by atoms with Gasteiger partial charge in [0.15, 0.2) is 0 Å². The molecule has 1 amide bonds. The van der Waals surface area contributed by atoms with E-state index in [4.69, 9.17) is 17.0 Å². The third-order valence-electron chi connectivity index (χ3n) is 4.27. The maximum absolute atomic E-state index is 12.7. The zero-order valence-electron chi connectivity index (χ0n) is 14.2. The van der Waals surface area contributed by atoms with Gasteiger partial charge in [0.05, 0.1) is 17.6 Å². The Hall–Kier alpha value is -2.23. The third kappa shape index (κ3) is 3.64. The second-order valence-corrected chi connectivity index (χ2v) is 8.13. The number of methoxy groups -OCH3 is 1. The standard InChI is InChI=1S/C17H19N3O4S2/c1-24-13-4-6-14(7-5-13)26(22,23)20-11-9-19(10-12-20)17(21)15-3-2-8-18-16(15)25/h2-8H,9-12H2,1H3,(H,18,25). The van der Waals surface area contributed by atoms with E-state index >= 15 is 0 Å². The van der Waals surface area contributed by atoms with Crippen molar-refractivity contribution in [2.75, 3.05) is 33.3 Å². The van der Waals surface area contributed by atoms with Crippen LogP contribution in [0.25, 0.3) is 0 Å². The number of hydrogen-bond acceptors (Lipinski definition) is 5. The highest BCUT2D eigenvalue weighted by Gasteiger charge is 2.30. The summed E-state index contributed by atoms with van der Waals surface area (Å²) >= 11 is 5.14. The number of piperazine rings is 1. The van der Waals surface area contributed by atoms with Gasteiger partial charge in [0, 0.05) is 32.4 Å². The van der Waals surface area contributed by atoms with Crippen molar-refractivity contribution in [2.45, 2.75) is 4.90 Å². The number of nitrogens with one attached hydrogen (secondary N) is 1. The normalized spacial score (nSPS) is 15.7. The van der Waals surface area contributed by atoms with E-state index < -0.39 is 10.0 Å². The predicted octanol–water partition coefficient (Wildman–Crippen LogP) is 1.90. The summed E-state index contributed by atoms with van der Waals surface area (Å²) in [5.41, 5.74) is 0.425. The van der Waals surface area contributed by atoms with Crippen LogP contribution >= 0.6 is 12.2 Å². The van der Waals surface area contributed by atoms with E-state index in [0.717, 1.165) is 0 Å². The van der Waals surface area contributed by atoms with Gasteiger partial charge in [-0.1, -0.05) is 12.2 Å². The molecular weight excluding hydrogens is 374 g/mol. The van der Waals surface area contributed by atoms with Gasteiger partial charge in [-0.3, -0.25) is 4.79 Å². The van der Waals surface area contributed by atoms with Gasteiger partial charge in [-0.05, 0) is 36.4 Å². The van der Waals surface area contributed by atoms with Crippen LogP contribution in [0.5, 0.6) is 5.75 Å². The fourth-order valence-corrected chi connectivity index (χ4v) is 4.43. The minimum Gasteiger partial charge on any atom is -0.497 e. The van der Waals surface area contributed by atoms with Crippen LogP contribution in [0.2, 0.25) is 0 Å². The number of carbonyl (C=O) groups is 1. The summed E-state index contributed by atoms with van der Waals surface area (Å²) < 4.78 is 32.3. The number of sulfonamides is 1. The molecule has 9 heteroatoms. The molecule has 2 aromatic rings. The van der Waals surface area contributed by atoms with Crippen molar-refractivity contribution in [2.24, 2.45) is 0 Å². The summed E-state index contributed by atoms with van der Waals surface area (Å²) in [7, 11) is -2.07. The number of benzene rings is 1. The van der Waals surface area contributed by atoms with Crippen LogP contribution in [0.3, 0.4) is 0 Å². The molecule has 0 bridgehead atoms. The highest BCUT2D eigenvalue weighted by molar-refractivity contribution is 7.89. The zero-order chi connectivity index (χ0) is 18.7. The number of nitrogens with zero attached hydrogens (tertiary/aromatic N) is 2. The lowest BCUT2D eigenvalue weighted by atomic mass is 10.2. The molecule has 138 valence electrons. The molecule has 0 radical (unpaired) electrons. The summed E-state index contributed by atoms with van der Waals surface area (Å²) in [6, 6.07) is 9.66. The molecular formula is C17H19N3O4S2. The largest absolute Gasteiger partial charge is 0.497 e. The first-order valence-corrected chi connectivity index (χ1v) is 9.89. The van der Waals surface area contributed by atoms with Gasteiger partial charge in [-0.25, -0.2) is 8.42 Å². The van der Waals surface area contributed by atoms with Crippen LogP contribution in [0.15, 0.2) is 47.5 Å². The molecule has 1 fully saturated rings. The number of ether oxygens (including phenoxy) is 1. The van der Waals surface area contributed by atoms with E-state index in [2.05, 4.69) is 4.98 Å². The van der Waals surface area contributed by atoms with Crippen molar-refractivity contribution in [3.8, 4) is 5.75 Å². The third-order valence-corrected chi connectivity index (χ3v) is 6.52. The number of carbonyl (C=O) groups excluding carboxylic acids is 1. The summed E-state index contributed by atoms with van der Waals surface area (Å²) in [6.45, 7) is 1.11. The number of aromatic nitrogens is 1. The predicted molar refractivity (Wildman–Crippen MR) is 99.3 cm³/mol. The van der Waals surface area contributed by atoms with Crippen molar-refractivity contribution in [3.63, 3.8) is 0 Å². The Morgan fingerprint density at radius 2 is 1.77 bits per heavy atom. The average molecular weight is 393 g/mol. The first-order chi connectivity index (χ1) is 12.4. The van der Waals surface area contributed by atoms with E-state index in [9.17, 15) is 13.2 Å². The molecule has 1 saturated heterocycles. The lowest BCUT2D eigenvalue weighted by molar-refractivity contribution is 0.0697. The zero-order valence-corrected chi connectivity index (χ0v) is 15.8. The van der Waals surface area contributed by atoms with Crippen molar-refractivity contribution in [1.29, 1.82) is 0 Å². The number of aromatic amines is 1. The van der Waals surface area contributed by atoms with Crippen LogP contribution in [0.1, 0.15) is 10.4 Å². The first kappa shape index (κ1) is 18.6. The maximum atomic E-state index is 12.7. The molecule has 2 heterocycles. The number of hydrogen-bond donors (Lipinski definition) is 1. The second kappa shape index (κ2) is 7.56. The van der Waals surface area contributed by atoms with E-state index in [1.807, 2.05) is 0 Å². The number of rotatable bonds is 4. The molecule has 1 N–H and O–H groups in total. The molecule has 0 saturated carbocycles. The fraction of sp³-hybridized carbons (Fsp3) is 0.294. The van der Waals surface area contributed by atoms with Gasteiger partial charge in [-0.15, -0.1) is 0 Å². The SMILES string of the molecule is COc1ccc(S(=O)(=O)N2CCN(C(=O)c3ccc[nH]c3=S)CC2)cc1. The van der Waals surface area contributed by atoms with Gasteiger partial charge < -0.3 is 14.6 Å². The smallest absolute Gasteiger partial charge is 0.256 e. The van der Waals surface area contributed by atoms with Crippen LogP contribution in [-0.4, -0.2) is 61.8 Å². The molecule has 26 heavy (non-hydrogen) atoms. The molecule has 0 aliphatic carbocycles. The lowest BCUT2D eigenvalue weighted by Gasteiger charge is -2.34. The molecule has 1 aromatic heterocycles. The summed E-state index contributed by atoms with van der Waals surface area (Å²) in [5, 5.41) is 0. The minimum absolute atomic E-state index is 0.187. The van der Waals surface area contributed by atoms with Gasteiger partial charge >= 0.3 is 0 Å². The molecule has 3 rings (SSSR count). The van der Waals surface area contributed by atoms with Crippen LogP contribution in [0, 0.1) is 4.64 Å². The first-order valence-electron chi connectivity index (χ1n) is 8.04. The van der Waals surface area contributed by atoms with Crippen LogP contribution < -0.4 is 4.74 Å². The van der Waals surface area contributed by atoms with E-state index in [-0.39, 0.29) is 23.9 Å². The Morgan fingerprint density at radius 1 is 1.12 bits per heavy atom. The van der Waals surface area contributed by atoms with E-state index in [1.165, 1.54) is 23.5 Å². The van der Waals surface area contributed by atoms with Gasteiger partial charge in [-0.2, -0.15) is 4.31 Å². The van der Waals surface area contributed by atoms with Crippen LogP contribution in [-0.2, 0) is 10.0 Å². The number of amides is 1. The van der Waals surface area contributed by atoms with E-state index in [1.54, 1.807) is 35.4 Å². The average Bonchev–Trinajstić information content (AvgIpc) is 2.68. The Bertz CT molecular complexity index is 946. The van der Waals surface area contributed by atoms with Crippen LogP contribution in [0.4, 0.5) is 0 Å². The number of pyridine rings is 1. The topological polar surface area (TPSA) is 82.7 Å². The van der Waals surface area contributed by atoms with Gasteiger partial charge in [0.25, 0.3) is 5.91 Å². The van der Waals surface area contributed by atoms with E-state index in [0.29, 0.717) is 29.0 Å². The minimum atomic E-state index is -3.60. The Morgan fingerprint density at radius 3 is 2.35 bits per heavy atom. The quantitative estimate of drug-likeness (QED) is 0.803. The molecule has 0 unspecified atom stereocenters. The van der Waals surface area contributed by atoms with Crippen molar-refractivity contribution < 1.29 is 17.9 Å². The highest BCUT2D eigenvalue weighted by atomic mass is 32.2. The van der Waals surface area contributed by atoms with Crippen molar-refractivity contribution >= 4 is 28.1 Å². The summed E-state index contributed by atoms with van der Waals surface area (Å²) in [6.07, 6.45) is 1.67. The maximum Gasteiger partial charge on any atom is 0.256 e. The Labute approximate surface area is 157 Å². The second-order valence-electron chi connectivity index (χ2n) is 5.78. The highest BCUT2D eigenvalue weighted by Crippen LogP contribution is 2.21. The summed E-state index contributed by atoms with van der Waals surface area (Å²) in [5.74, 6) is 0.409. The lowest BCUT2D eigenvalue weighted by Crippen LogP contribution is -2.50. The molecule has 0 atom stereocenters. The monoisotopic (exact) mass is 393 g/mol. The van der Waals surface area contributed by atoms with Gasteiger partial charge in [0.2, 0.25) is 10.0 Å². The molecule has 1 aliphatic rings. The fourth-order valence-electron chi connectivity index (χ4n) is 2.79. The van der Waals surface area contributed by atoms with Gasteiger partial charge in [0.1, 0.15) is 10.4 Å². The molecule has 1 aromatic carbocycles. The molecule has 0 spiro atoms. The molecule has 7 nitrogen and oxygen atoms in total. The van der Waals surface area contributed by atoms with Crippen molar-refractivity contribution in [3.05, 3.63) is 52.8 Å². The number of H-pyrrole nitrogens is 1.